The van der Waals surface area contributed by atoms with E-state index in [1.54, 1.807) is 0 Å². The molecule has 14 heavy (non-hydrogen) atoms. The number of alkyl halides is 3. The van der Waals surface area contributed by atoms with E-state index in [0.717, 1.165) is 6.07 Å². The first kappa shape index (κ1) is 9.58. The van der Waals surface area contributed by atoms with Gasteiger partial charge in [0.05, 0.1) is 11.1 Å². The van der Waals surface area contributed by atoms with Gasteiger partial charge in [0.2, 0.25) is 0 Å². The number of fused-ring (bicyclic) bond motifs is 1. The second-order valence-electron chi connectivity index (χ2n) is 2.86. The van der Waals surface area contributed by atoms with Gasteiger partial charge in [-0.1, -0.05) is 0 Å². The van der Waals surface area contributed by atoms with E-state index in [0.29, 0.717) is 9.99 Å². The van der Waals surface area contributed by atoms with Gasteiger partial charge in [-0.15, -0.1) is 0 Å². The molecule has 0 aliphatic heterocycles. The van der Waals surface area contributed by atoms with E-state index < -0.39 is 11.7 Å². The Hall–Kier alpha value is -0.970. The van der Waals surface area contributed by atoms with Crippen LogP contribution in [-0.2, 0) is 6.18 Å². The number of hydrogen-bond acceptors (Lipinski definition) is 0. The molecule has 2 rings (SSSR count). The quantitative estimate of drug-likeness (QED) is 0.741. The highest BCUT2D eigenvalue weighted by Crippen LogP contribution is 2.36. The minimum Gasteiger partial charge on any atom is -0.360 e. The van der Waals surface area contributed by atoms with Gasteiger partial charge >= 0.3 is 6.18 Å². The SMILES string of the molecule is FC(F)(F)c1ccc(Br)c2[nH]ccc12. The van der Waals surface area contributed by atoms with E-state index in [2.05, 4.69) is 20.9 Å². The van der Waals surface area contributed by atoms with Crippen molar-refractivity contribution < 1.29 is 13.2 Å². The van der Waals surface area contributed by atoms with Gasteiger partial charge in [0.1, 0.15) is 0 Å². The third-order valence-electron chi connectivity index (χ3n) is 1.98. The Balaban J connectivity index is 2.80. The molecule has 0 saturated carbocycles. The molecular formula is C9H5BrF3N. The lowest BCUT2D eigenvalue weighted by Crippen LogP contribution is -2.05. The first-order chi connectivity index (χ1) is 6.50. The summed E-state index contributed by atoms with van der Waals surface area (Å²) < 4.78 is 38.1. The normalized spacial score (nSPS) is 12.3. The molecule has 1 N–H and O–H groups in total. The molecule has 0 aliphatic rings. The summed E-state index contributed by atoms with van der Waals surface area (Å²) in [4.78, 5) is 2.75. The Morgan fingerprint density at radius 2 is 1.86 bits per heavy atom. The summed E-state index contributed by atoms with van der Waals surface area (Å²) in [5.41, 5.74) is -0.142. The van der Waals surface area contributed by atoms with Crippen molar-refractivity contribution in [2.45, 2.75) is 6.18 Å². The Labute approximate surface area is 86.1 Å². The molecule has 0 aliphatic carbocycles. The number of aromatic amines is 1. The number of benzene rings is 1. The number of halogens is 4. The van der Waals surface area contributed by atoms with Crippen molar-refractivity contribution >= 4 is 26.8 Å². The average molecular weight is 264 g/mol. The smallest absolute Gasteiger partial charge is 0.360 e. The molecule has 1 aromatic carbocycles. The summed E-state index contributed by atoms with van der Waals surface area (Å²) in [6.07, 6.45) is -2.81. The number of hydrogen-bond donors (Lipinski definition) is 1. The summed E-state index contributed by atoms with van der Waals surface area (Å²) >= 11 is 3.18. The van der Waals surface area contributed by atoms with Crippen LogP contribution in [0.15, 0.2) is 28.9 Å². The molecule has 0 bridgehead atoms. The highest BCUT2D eigenvalue weighted by Gasteiger charge is 2.32. The summed E-state index contributed by atoms with van der Waals surface area (Å²) in [6.45, 7) is 0. The van der Waals surface area contributed by atoms with Gasteiger partial charge in [0.25, 0.3) is 0 Å². The molecule has 2 aromatic rings. The van der Waals surface area contributed by atoms with E-state index in [4.69, 9.17) is 0 Å². The van der Waals surface area contributed by atoms with Gasteiger partial charge in [0, 0.05) is 16.1 Å². The van der Waals surface area contributed by atoms with Crippen molar-refractivity contribution in [3.8, 4) is 0 Å². The topological polar surface area (TPSA) is 15.8 Å². The maximum Gasteiger partial charge on any atom is 0.417 e. The van der Waals surface area contributed by atoms with Crippen molar-refractivity contribution in [1.82, 2.24) is 4.98 Å². The van der Waals surface area contributed by atoms with Crippen LogP contribution < -0.4 is 0 Å². The van der Waals surface area contributed by atoms with Crippen LogP contribution in [-0.4, -0.2) is 4.98 Å². The van der Waals surface area contributed by atoms with Crippen molar-refractivity contribution in [2.75, 3.05) is 0 Å². The van der Waals surface area contributed by atoms with E-state index in [1.165, 1.54) is 18.3 Å². The second-order valence-corrected chi connectivity index (χ2v) is 3.71. The molecule has 0 unspecified atom stereocenters. The molecule has 0 radical (unpaired) electrons. The maximum absolute atomic E-state index is 12.5. The lowest BCUT2D eigenvalue weighted by atomic mass is 10.1. The maximum atomic E-state index is 12.5. The Morgan fingerprint density at radius 3 is 2.50 bits per heavy atom. The number of nitrogens with one attached hydrogen (secondary N) is 1. The average Bonchev–Trinajstić information content (AvgIpc) is 2.50. The van der Waals surface area contributed by atoms with Crippen LogP contribution in [0.25, 0.3) is 10.9 Å². The van der Waals surface area contributed by atoms with E-state index in [-0.39, 0.29) is 5.39 Å². The first-order valence-corrected chi connectivity index (χ1v) is 4.62. The first-order valence-electron chi connectivity index (χ1n) is 3.83. The minimum atomic E-state index is -4.30. The van der Waals surface area contributed by atoms with Gasteiger partial charge in [-0.2, -0.15) is 13.2 Å². The fourth-order valence-electron chi connectivity index (χ4n) is 1.37. The summed E-state index contributed by atoms with van der Waals surface area (Å²) in [6, 6.07) is 3.88. The summed E-state index contributed by atoms with van der Waals surface area (Å²) in [5, 5.41) is 0.187. The lowest BCUT2D eigenvalue weighted by Gasteiger charge is -2.08. The summed E-state index contributed by atoms with van der Waals surface area (Å²) in [5.74, 6) is 0. The van der Waals surface area contributed by atoms with Crippen LogP contribution in [0.1, 0.15) is 5.56 Å². The van der Waals surface area contributed by atoms with E-state index in [1.807, 2.05) is 0 Å². The lowest BCUT2D eigenvalue weighted by molar-refractivity contribution is -0.136. The van der Waals surface area contributed by atoms with Crippen molar-refractivity contribution in [2.24, 2.45) is 0 Å². The molecule has 0 amide bonds. The largest absolute Gasteiger partial charge is 0.417 e. The molecule has 1 heterocycles. The minimum absolute atomic E-state index is 0.187. The monoisotopic (exact) mass is 263 g/mol. The molecule has 1 aromatic heterocycles. The Morgan fingerprint density at radius 1 is 1.14 bits per heavy atom. The van der Waals surface area contributed by atoms with Gasteiger partial charge in [-0.25, -0.2) is 0 Å². The predicted octanol–water partition coefficient (Wildman–Crippen LogP) is 3.95. The highest BCUT2D eigenvalue weighted by molar-refractivity contribution is 9.10. The van der Waals surface area contributed by atoms with Crippen molar-refractivity contribution in [3.63, 3.8) is 0 Å². The Kier molecular flexibility index (Phi) is 2.06. The zero-order valence-electron chi connectivity index (χ0n) is 6.82. The summed E-state index contributed by atoms with van der Waals surface area (Å²) in [7, 11) is 0. The van der Waals surface area contributed by atoms with Crippen LogP contribution in [0.3, 0.4) is 0 Å². The van der Waals surface area contributed by atoms with Crippen LogP contribution >= 0.6 is 15.9 Å². The second kappa shape index (κ2) is 3.02. The van der Waals surface area contributed by atoms with Crippen LogP contribution in [0.2, 0.25) is 0 Å². The van der Waals surface area contributed by atoms with Gasteiger partial charge in [0.15, 0.2) is 0 Å². The molecule has 0 fully saturated rings. The van der Waals surface area contributed by atoms with Crippen LogP contribution in [0, 0.1) is 0 Å². The van der Waals surface area contributed by atoms with E-state index in [9.17, 15) is 13.2 Å². The fraction of sp³-hybridized carbons (Fsp3) is 0.111. The number of H-pyrrole nitrogens is 1. The van der Waals surface area contributed by atoms with E-state index >= 15 is 0 Å². The third kappa shape index (κ3) is 1.41. The molecule has 5 heteroatoms. The number of aromatic nitrogens is 1. The van der Waals surface area contributed by atoms with Crippen molar-refractivity contribution in [3.05, 3.63) is 34.4 Å². The van der Waals surface area contributed by atoms with Crippen molar-refractivity contribution in [1.29, 1.82) is 0 Å². The highest BCUT2D eigenvalue weighted by atomic mass is 79.9. The molecular weight excluding hydrogens is 259 g/mol. The number of rotatable bonds is 0. The van der Waals surface area contributed by atoms with Gasteiger partial charge in [-0.3, -0.25) is 0 Å². The van der Waals surface area contributed by atoms with Crippen LogP contribution in [0.4, 0.5) is 13.2 Å². The Bertz CT molecular complexity index is 472. The standard InChI is InChI=1S/C9H5BrF3N/c10-7-2-1-6(9(11,12)13)5-3-4-14-8(5)7/h1-4,14H. The molecule has 0 spiro atoms. The zero-order valence-corrected chi connectivity index (χ0v) is 8.41. The molecule has 0 saturated heterocycles. The molecule has 1 nitrogen and oxygen atoms in total. The molecule has 0 atom stereocenters. The fourth-order valence-corrected chi connectivity index (χ4v) is 1.83. The molecule has 74 valence electrons. The zero-order chi connectivity index (χ0) is 10.3. The van der Waals surface area contributed by atoms with Gasteiger partial charge < -0.3 is 4.98 Å². The predicted molar refractivity (Wildman–Crippen MR) is 51.0 cm³/mol. The van der Waals surface area contributed by atoms with Crippen LogP contribution in [0.5, 0.6) is 0 Å². The third-order valence-corrected chi connectivity index (χ3v) is 2.64. The van der Waals surface area contributed by atoms with Gasteiger partial charge in [-0.05, 0) is 34.1 Å².